The minimum absolute atomic E-state index is 0.0411. The molecule has 0 aromatic heterocycles. The van der Waals surface area contributed by atoms with Crippen LogP contribution in [0.3, 0.4) is 0 Å². The van der Waals surface area contributed by atoms with E-state index in [1.165, 1.54) is 13.0 Å². The Morgan fingerprint density at radius 3 is 2.50 bits per heavy atom. The lowest BCUT2D eigenvalue weighted by Crippen LogP contribution is -2.19. The first-order valence-corrected chi connectivity index (χ1v) is 4.92. The molecular weight excluding hydrogens is 242 g/mol. The molecule has 0 atom stereocenters. The van der Waals surface area contributed by atoms with Gasteiger partial charge in [0.05, 0.1) is 11.4 Å². The van der Waals surface area contributed by atoms with Crippen LogP contribution in [0.15, 0.2) is 33.8 Å². The number of aliphatic imine (C=N–C) groups is 2. The van der Waals surface area contributed by atoms with Crippen molar-refractivity contribution in [2.24, 2.45) is 9.98 Å². The first kappa shape index (κ1) is 12.0. The summed E-state index contributed by atoms with van der Waals surface area (Å²) in [6, 6.07) is 2.17. The molecule has 1 heterocycles. The minimum Gasteiger partial charge on any atom is -0.244 e. The van der Waals surface area contributed by atoms with E-state index < -0.39 is 17.7 Å². The molecule has 18 heavy (non-hydrogen) atoms. The highest BCUT2D eigenvalue weighted by Crippen LogP contribution is 2.17. The SMILES string of the molecule is CC1=NC(=O)N=C(c2ccc(F)c(F)c2)C1=C=O. The molecule has 0 fully saturated rings. The highest BCUT2D eigenvalue weighted by molar-refractivity contribution is 6.38. The van der Waals surface area contributed by atoms with E-state index in [-0.39, 0.29) is 22.6 Å². The number of urea groups is 1. The quantitative estimate of drug-likeness (QED) is 0.714. The van der Waals surface area contributed by atoms with E-state index in [9.17, 15) is 18.4 Å². The predicted octanol–water partition coefficient (Wildman–Crippen LogP) is 2.11. The van der Waals surface area contributed by atoms with Crippen LogP contribution in [-0.4, -0.2) is 23.4 Å². The molecule has 1 aliphatic rings. The highest BCUT2D eigenvalue weighted by atomic mass is 19.2. The monoisotopic (exact) mass is 248 g/mol. The summed E-state index contributed by atoms with van der Waals surface area (Å²) in [5, 5.41) is 0. The van der Waals surface area contributed by atoms with E-state index in [2.05, 4.69) is 9.98 Å². The molecule has 0 N–H and O–H groups in total. The van der Waals surface area contributed by atoms with E-state index in [1.807, 2.05) is 0 Å². The van der Waals surface area contributed by atoms with Gasteiger partial charge in [-0.05, 0) is 25.1 Å². The van der Waals surface area contributed by atoms with Gasteiger partial charge in [-0.2, -0.15) is 9.98 Å². The Hall–Kier alpha value is -2.46. The van der Waals surface area contributed by atoms with Gasteiger partial charge in [0.25, 0.3) is 0 Å². The molecule has 4 nitrogen and oxygen atoms in total. The smallest absolute Gasteiger partial charge is 0.244 e. The second-order valence-electron chi connectivity index (χ2n) is 3.55. The zero-order valence-corrected chi connectivity index (χ0v) is 9.20. The number of nitrogens with zero attached hydrogens (tertiary/aromatic N) is 2. The van der Waals surface area contributed by atoms with Gasteiger partial charge in [-0.3, -0.25) is 0 Å². The zero-order chi connectivity index (χ0) is 13.3. The second kappa shape index (κ2) is 4.43. The van der Waals surface area contributed by atoms with Crippen LogP contribution in [0.25, 0.3) is 0 Å². The van der Waals surface area contributed by atoms with Crippen molar-refractivity contribution >= 4 is 23.4 Å². The fourth-order valence-electron chi connectivity index (χ4n) is 1.52. The average molecular weight is 248 g/mol. The number of benzene rings is 1. The van der Waals surface area contributed by atoms with Crippen molar-refractivity contribution in [1.29, 1.82) is 0 Å². The van der Waals surface area contributed by atoms with E-state index >= 15 is 0 Å². The summed E-state index contributed by atoms with van der Waals surface area (Å²) in [5.41, 5.74) is 0.168. The van der Waals surface area contributed by atoms with Crippen molar-refractivity contribution in [1.82, 2.24) is 0 Å². The number of hydrogen-bond donors (Lipinski definition) is 0. The molecule has 0 bridgehead atoms. The number of allylic oxidation sites excluding steroid dienone is 1. The fraction of sp³-hybridized carbons (Fsp3) is 0.0833. The van der Waals surface area contributed by atoms with Gasteiger partial charge in [-0.25, -0.2) is 18.4 Å². The van der Waals surface area contributed by atoms with Crippen molar-refractivity contribution in [3.05, 3.63) is 41.0 Å². The Balaban J connectivity index is 2.59. The highest BCUT2D eigenvalue weighted by Gasteiger charge is 2.22. The van der Waals surface area contributed by atoms with Crippen LogP contribution >= 0.6 is 0 Å². The van der Waals surface area contributed by atoms with Crippen molar-refractivity contribution in [3.8, 4) is 0 Å². The molecule has 1 aliphatic heterocycles. The lowest BCUT2D eigenvalue weighted by Gasteiger charge is -2.11. The Kier molecular flexibility index (Phi) is 2.95. The summed E-state index contributed by atoms with van der Waals surface area (Å²) in [7, 11) is 0. The van der Waals surface area contributed by atoms with Crippen LogP contribution in [0.4, 0.5) is 13.6 Å². The average Bonchev–Trinajstić information content (AvgIpc) is 2.32. The van der Waals surface area contributed by atoms with Crippen LogP contribution in [0.5, 0.6) is 0 Å². The topological polar surface area (TPSA) is 58.9 Å². The lowest BCUT2D eigenvalue weighted by molar-refractivity contribution is 0.257. The first-order chi connectivity index (χ1) is 8.52. The molecule has 2 rings (SSSR count). The molecule has 0 saturated heterocycles. The van der Waals surface area contributed by atoms with E-state index in [4.69, 9.17) is 0 Å². The molecule has 0 radical (unpaired) electrons. The third kappa shape index (κ3) is 2.01. The number of hydrogen-bond acceptors (Lipinski definition) is 2. The maximum atomic E-state index is 13.1. The largest absolute Gasteiger partial charge is 0.367 e. The molecule has 1 aromatic carbocycles. The number of amides is 2. The van der Waals surface area contributed by atoms with E-state index in [0.29, 0.717) is 0 Å². The lowest BCUT2D eigenvalue weighted by atomic mass is 9.99. The van der Waals surface area contributed by atoms with Gasteiger partial charge in [-0.1, -0.05) is 0 Å². The Morgan fingerprint density at radius 1 is 1.17 bits per heavy atom. The van der Waals surface area contributed by atoms with Crippen molar-refractivity contribution < 1.29 is 18.4 Å². The minimum atomic E-state index is -1.09. The van der Waals surface area contributed by atoms with Gasteiger partial charge in [-0.15, -0.1) is 0 Å². The number of carbonyl (C=O) groups excluding carboxylic acids is 2. The third-order valence-electron chi connectivity index (χ3n) is 2.36. The predicted molar refractivity (Wildman–Crippen MR) is 60.6 cm³/mol. The van der Waals surface area contributed by atoms with E-state index in [0.717, 1.165) is 12.1 Å². The van der Waals surface area contributed by atoms with Gasteiger partial charge in [0.2, 0.25) is 0 Å². The summed E-state index contributed by atoms with van der Waals surface area (Å²) >= 11 is 0. The van der Waals surface area contributed by atoms with Crippen LogP contribution in [0.2, 0.25) is 0 Å². The number of carbonyl (C=O) groups is 1. The van der Waals surface area contributed by atoms with Crippen LogP contribution in [0, 0.1) is 11.6 Å². The van der Waals surface area contributed by atoms with Gasteiger partial charge in [0.15, 0.2) is 11.6 Å². The number of halogens is 2. The third-order valence-corrected chi connectivity index (χ3v) is 2.36. The standard InChI is InChI=1S/C12H6F2N2O2/c1-6-8(5-17)11(16-12(18)15-6)7-2-3-9(13)10(14)4-7/h2-4H,1H3. The summed E-state index contributed by atoms with van der Waals surface area (Å²) in [6.07, 6.45) is 0. The van der Waals surface area contributed by atoms with E-state index in [1.54, 1.807) is 5.94 Å². The van der Waals surface area contributed by atoms with Crippen molar-refractivity contribution in [2.45, 2.75) is 6.92 Å². The molecule has 0 aliphatic carbocycles. The molecule has 90 valence electrons. The van der Waals surface area contributed by atoms with Gasteiger partial charge in [0, 0.05) is 5.56 Å². The maximum absolute atomic E-state index is 13.1. The summed E-state index contributed by atoms with van der Waals surface area (Å²) in [6.45, 7) is 1.44. The maximum Gasteiger partial charge on any atom is 0.367 e. The molecule has 6 heteroatoms. The van der Waals surface area contributed by atoms with Gasteiger partial charge >= 0.3 is 6.03 Å². The zero-order valence-electron chi connectivity index (χ0n) is 9.20. The van der Waals surface area contributed by atoms with Crippen LogP contribution < -0.4 is 0 Å². The van der Waals surface area contributed by atoms with Crippen LogP contribution in [-0.2, 0) is 4.79 Å². The molecular formula is C12H6F2N2O2. The summed E-state index contributed by atoms with van der Waals surface area (Å²) in [5.74, 6) is -0.521. The van der Waals surface area contributed by atoms with Gasteiger partial charge < -0.3 is 0 Å². The first-order valence-electron chi connectivity index (χ1n) is 4.92. The Bertz CT molecular complexity index is 656. The Labute approximate surface area is 100 Å². The normalized spacial score (nSPS) is 15.1. The fourth-order valence-corrected chi connectivity index (χ4v) is 1.52. The van der Waals surface area contributed by atoms with Crippen LogP contribution in [0.1, 0.15) is 12.5 Å². The molecule has 2 amide bonds. The molecule has 1 aromatic rings. The number of rotatable bonds is 1. The molecule has 0 unspecified atom stereocenters. The summed E-state index contributed by atoms with van der Waals surface area (Å²) < 4.78 is 25.9. The Morgan fingerprint density at radius 2 is 1.89 bits per heavy atom. The second-order valence-corrected chi connectivity index (χ2v) is 3.55. The molecule has 0 spiro atoms. The van der Waals surface area contributed by atoms with Crippen molar-refractivity contribution in [2.75, 3.05) is 0 Å². The van der Waals surface area contributed by atoms with Gasteiger partial charge in [0.1, 0.15) is 11.5 Å². The van der Waals surface area contributed by atoms with Crippen molar-refractivity contribution in [3.63, 3.8) is 0 Å². The summed E-state index contributed by atoms with van der Waals surface area (Å²) in [4.78, 5) is 29.0. The molecule has 0 saturated carbocycles.